The quantitative estimate of drug-likeness (QED) is 0.867. The van der Waals surface area contributed by atoms with E-state index in [1.807, 2.05) is 29.2 Å². The highest BCUT2D eigenvalue weighted by molar-refractivity contribution is 5.93. The largest absolute Gasteiger partial charge is 0.352 e. The van der Waals surface area contributed by atoms with Gasteiger partial charge < -0.3 is 16.0 Å². The first-order valence-corrected chi connectivity index (χ1v) is 7.07. The lowest BCUT2D eigenvalue weighted by atomic mass is 10.1. The maximum Gasteiger partial charge on any atom is 0.226 e. The van der Waals surface area contributed by atoms with Crippen LogP contribution in [0.15, 0.2) is 24.3 Å². The van der Waals surface area contributed by atoms with Gasteiger partial charge in [-0.3, -0.25) is 9.59 Å². The summed E-state index contributed by atoms with van der Waals surface area (Å²) in [6, 6.07) is 7.77. The van der Waals surface area contributed by atoms with E-state index in [9.17, 15) is 9.59 Å². The first kappa shape index (κ1) is 17.5. The number of amides is 2. The van der Waals surface area contributed by atoms with Crippen LogP contribution in [0.3, 0.4) is 0 Å². The lowest BCUT2D eigenvalue weighted by Gasteiger charge is -2.26. The third-order valence-corrected chi connectivity index (χ3v) is 3.43. The number of carbonyl (C=O) groups excluding carboxylic acids is 2. The van der Waals surface area contributed by atoms with Crippen LogP contribution in [0.5, 0.6) is 0 Å². The summed E-state index contributed by atoms with van der Waals surface area (Å²) >= 11 is 0. The van der Waals surface area contributed by atoms with E-state index in [1.54, 1.807) is 0 Å². The summed E-state index contributed by atoms with van der Waals surface area (Å²) in [6.45, 7) is 1.65. The second kappa shape index (κ2) is 8.64. The average Bonchev–Trinajstić information content (AvgIpc) is 2.47. The molecule has 1 aliphatic rings. The van der Waals surface area contributed by atoms with Crippen LogP contribution >= 0.6 is 12.4 Å². The van der Waals surface area contributed by atoms with Crippen LogP contribution < -0.4 is 16.0 Å². The van der Waals surface area contributed by atoms with Crippen LogP contribution in [-0.4, -0.2) is 24.9 Å². The zero-order valence-electron chi connectivity index (χ0n) is 12.0. The van der Waals surface area contributed by atoms with Crippen molar-refractivity contribution in [2.24, 2.45) is 5.73 Å². The average molecular weight is 312 g/mol. The third-order valence-electron chi connectivity index (χ3n) is 3.43. The second-order valence-corrected chi connectivity index (χ2v) is 4.98. The normalized spacial score (nSPS) is 14.5. The predicted octanol–water partition coefficient (Wildman–Crippen LogP) is 1.59. The monoisotopic (exact) mass is 311 g/mol. The van der Waals surface area contributed by atoms with Gasteiger partial charge >= 0.3 is 0 Å². The number of hydrogen-bond acceptors (Lipinski definition) is 3. The zero-order valence-corrected chi connectivity index (χ0v) is 12.8. The van der Waals surface area contributed by atoms with Gasteiger partial charge in [0.05, 0.1) is 0 Å². The van der Waals surface area contributed by atoms with Crippen LogP contribution in [0, 0.1) is 0 Å². The number of rotatable bonds is 5. The van der Waals surface area contributed by atoms with E-state index in [2.05, 4.69) is 5.32 Å². The molecule has 3 N–H and O–H groups in total. The fourth-order valence-corrected chi connectivity index (χ4v) is 2.29. The molecule has 2 rings (SSSR count). The highest BCUT2D eigenvalue weighted by Gasteiger charge is 2.19. The van der Waals surface area contributed by atoms with Gasteiger partial charge in [0, 0.05) is 38.2 Å². The Balaban J connectivity index is 0.00000220. The molecular weight excluding hydrogens is 290 g/mol. The van der Waals surface area contributed by atoms with Gasteiger partial charge in [0.1, 0.15) is 0 Å². The molecular formula is C15H22ClN3O2. The molecule has 0 atom stereocenters. The van der Waals surface area contributed by atoms with Gasteiger partial charge in [-0.15, -0.1) is 12.4 Å². The lowest BCUT2D eigenvalue weighted by molar-refractivity contribution is -0.121. The van der Waals surface area contributed by atoms with Gasteiger partial charge in [0.15, 0.2) is 0 Å². The smallest absolute Gasteiger partial charge is 0.226 e. The van der Waals surface area contributed by atoms with E-state index >= 15 is 0 Å². The first-order valence-electron chi connectivity index (χ1n) is 7.07. The van der Waals surface area contributed by atoms with Crippen LogP contribution in [-0.2, 0) is 16.1 Å². The number of piperidine rings is 1. The van der Waals surface area contributed by atoms with Crippen molar-refractivity contribution in [1.82, 2.24) is 5.32 Å². The molecule has 6 heteroatoms. The van der Waals surface area contributed by atoms with E-state index in [0.29, 0.717) is 25.9 Å². The first-order chi connectivity index (χ1) is 9.70. The molecule has 1 aromatic carbocycles. The van der Waals surface area contributed by atoms with Crippen molar-refractivity contribution in [3.63, 3.8) is 0 Å². The predicted molar refractivity (Wildman–Crippen MR) is 85.4 cm³/mol. The van der Waals surface area contributed by atoms with Crippen molar-refractivity contribution in [3.05, 3.63) is 29.8 Å². The van der Waals surface area contributed by atoms with Gasteiger partial charge in [0.2, 0.25) is 11.8 Å². The van der Waals surface area contributed by atoms with Crippen LogP contribution in [0.25, 0.3) is 0 Å². The molecule has 1 fully saturated rings. The van der Waals surface area contributed by atoms with E-state index < -0.39 is 0 Å². The SMILES string of the molecule is Cl.NCCC(=O)NCc1ccc(N2CCCCC2=O)cc1. The molecule has 0 radical (unpaired) electrons. The van der Waals surface area contributed by atoms with Gasteiger partial charge in [-0.05, 0) is 30.5 Å². The van der Waals surface area contributed by atoms with E-state index in [0.717, 1.165) is 30.6 Å². The molecule has 116 valence electrons. The number of nitrogens with two attached hydrogens (primary N) is 1. The Kier molecular flexibility index (Phi) is 7.19. The lowest BCUT2D eigenvalue weighted by Crippen LogP contribution is -2.35. The van der Waals surface area contributed by atoms with Crippen LogP contribution in [0.4, 0.5) is 5.69 Å². The number of carbonyl (C=O) groups is 2. The molecule has 5 nitrogen and oxygen atoms in total. The van der Waals surface area contributed by atoms with Gasteiger partial charge in [-0.1, -0.05) is 12.1 Å². The summed E-state index contributed by atoms with van der Waals surface area (Å²) in [5, 5.41) is 2.81. The number of nitrogens with zero attached hydrogens (tertiary/aromatic N) is 1. The molecule has 0 spiro atoms. The zero-order chi connectivity index (χ0) is 14.4. The van der Waals surface area contributed by atoms with Crippen LogP contribution in [0.2, 0.25) is 0 Å². The van der Waals surface area contributed by atoms with Crippen molar-refractivity contribution < 1.29 is 9.59 Å². The third kappa shape index (κ3) is 5.02. The Morgan fingerprint density at radius 3 is 2.57 bits per heavy atom. The van der Waals surface area contributed by atoms with E-state index in [4.69, 9.17) is 5.73 Å². The molecule has 0 bridgehead atoms. The molecule has 2 amide bonds. The summed E-state index contributed by atoms with van der Waals surface area (Å²) in [5.41, 5.74) is 7.27. The summed E-state index contributed by atoms with van der Waals surface area (Å²) in [5.74, 6) is 0.156. The Morgan fingerprint density at radius 2 is 1.95 bits per heavy atom. The summed E-state index contributed by atoms with van der Waals surface area (Å²) in [7, 11) is 0. The number of halogens is 1. The molecule has 21 heavy (non-hydrogen) atoms. The van der Waals surface area contributed by atoms with Gasteiger partial charge in [-0.2, -0.15) is 0 Å². The molecule has 0 aliphatic carbocycles. The maximum atomic E-state index is 11.8. The highest BCUT2D eigenvalue weighted by atomic mass is 35.5. The maximum absolute atomic E-state index is 11.8. The Morgan fingerprint density at radius 1 is 1.24 bits per heavy atom. The van der Waals surface area contributed by atoms with Gasteiger partial charge in [0.25, 0.3) is 0 Å². The minimum atomic E-state index is -0.0391. The molecule has 1 aromatic rings. The minimum absolute atomic E-state index is 0. The highest BCUT2D eigenvalue weighted by Crippen LogP contribution is 2.21. The van der Waals surface area contributed by atoms with Gasteiger partial charge in [-0.25, -0.2) is 0 Å². The van der Waals surface area contributed by atoms with E-state index in [-0.39, 0.29) is 24.2 Å². The molecule has 0 aromatic heterocycles. The second-order valence-electron chi connectivity index (χ2n) is 4.98. The Bertz CT molecular complexity index is 476. The number of anilines is 1. The fourth-order valence-electron chi connectivity index (χ4n) is 2.29. The molecule has 1 saturated heterocycles. The minimum Gasteiger partial charge on any atom is -0.352 e. The van der Waals surface area contributed by atoms with Crippen molar-refractivity contribution in [2.45, 2.75) is 32.2 Å². The fraction of sp³-hybridized carbons (Fsp3) is 0.467. The number of benzene rings is 1. The molecule has 1 heterocycles. The van der Waals surface area contributed by atoms with Crippen molar-refractivity contribution in [2.75, 3.05) is 18.0 Å². The summed E-state index contributed by atoms with van der Waals surface area (Å²) in [6.07, 6.45) is 3.03. The molecule has 1 aliphatic heterocycles. The number of hydrogen-bond donors (Lipinski definition) is 2. The Labute approximate surface area is 131 Å². The summed E-state index contributed by atoms with van der Waals surface area (Å²) in [4.78, 5) is 25.0. The standard InChI is InChI=1S/C15H21N3O2.ClH/c16-9-8-14(19)17-11-12-4-6-13(7-5-12)18-10-2-1-3-15(18)20;/h4-7H,1-3,8-11,16H2,(H,17,19);1H. The molecule has 0 unspecified atom stereocenters. The van der Waals surface area contributed by atoms with Crippen molar-refractivity contribution in [1.29, 1.82) is 0 Å². The van der Waals surface area contributed by atoms with Crippen LogP contribution in [0.1, 0.15) is 31.2 Å². The molecule has 0 saturated carbocycles. The van der Waals surface area contributed by atoms with Crippen molar-refractivity contribution in [3.8, 4) is 0 Å². The van der Waals surface area contributed by atoms with E-state index in [1.165, 1.54) is 0 Å². The Hall–Kier alpha value is -1.59. The topological polar surface area (TPSA) is 75.4 Å². The number of nitrogens with one attached hydrogen (secondary N) is 1. The summed E-state index contributed by atoms with van der Waals surface area (Å²) < 4.78 is 0. The van der Waals surface area contributed by atoms with Crippen molar-refractivity contribution >= 4 is 29.9 Å².